The van der Waals surface area contributed by atoms with E-state index in [0.29, 0.717) is 0 Å². The number of nitrogens with one attached hydrogen (secondary N) is 1. The molecule has 8 heteroatoms. The standard InChI is InChI=1S/C12H16N2O5S/c1-19-11-7-6-10(14(15)16)8-12(11)20(17,18)13-9-4-2-3-5-9/h6-9,13H,2-5H2,1H3. The number of rotatable bonds is 5. The van der Waals surface area contributed by atoms with Gasteiger partial charge in [-0.25, -0.2) is 13.1 Å². The zero-order chi connectivity index (χ0) is 14.8. The van der Waals surface area contributed by atoms with Gasteiger partial charge in [0.15, 0.2) is 0 Å². The molecular weight excluding hydrogens is 284 g/mol. The van der Waals surface area contributed by atoms with E-state index in [-0.39, 0.29) is 22.4 Å². The number of sulfonamides is 1. The molecule has 1 saturated carbocycles. The van der Waals surface area contributed by atoms with Crippen LogP contribution >= 0.6 is 0 Å². The van der Waals surface area contributed by atoms with Crippen molar-refractivity contribution in [1.82, 2.24) is 4.72 Å². The van der Waals surface area contributed by atoms with Gasteiger partial charge in [0.1, 0.15) is 10.6 Å². The summed E-state index contributed by atoms with van der Waals surface area (Å²) in [6.07, 6.45) is 3.55. The summed E-state index contributed by atoms with van der Waals surface area (Å²) in [6, 6.07) is 3.43. The minimum Gasteiger partial charge on any atom is -0.495 e. The molecule has 0 aromatic heterocycles. The van der Waals surface area contributed by atoms with Crippen LogP contribution in [0.3, 0.4) is 0 Å². The van der Waals surface area contributed by atoms with E-state index < -0.39 is 14.9 Å². The molecule has 0 atom stereocenters. The summed E-state index contributed by atoms with van der Waals surface area (Å²) < 4.78 is 32.2. The van der Waals surface area contributed by atoms with Crippen LogP contribution in [-0.2, 0) is 10.0 Å². The van der Waals surface area contributed by atoms with Crippen LogP contribution in [0.1, 0.15) is 25.7 Å². The van der Waals surface area contributed by atoms with E-state index in [1.54, 1.807) is 0 Å². The van der Waals surface area contributed by atoms with Gasteiger partial charge in [0, 0.05) is 18.2 Å². The highest BCUT2D eigenvalue weighted by atomic mass is 32.2. The average Bonchev–Trinajstić information content (AvgIpc) is 2.90. The van der Waals surface area contributed by atoms with Crippen molar-refractivity contribution in [2.75, 3.05) is 7.11 Å². The summed E-state index contributed by atoms with van der Waals surface area (Å²) in [5, 5.41) is 10.8. The maximum absolute atomic E-state index is 12.3. The Morgan fingerprint density at radius 2 is 2.00 bits per heavy atom. The minimum atomic E-state index is -3.82. The van der Waals surface area contributed by atoms with Crippen LogP contribution in [-0.4, -0.2) is 26.5 Å². The van der Waals surface area contributed by atoms with Gasteiger partial charge in [-0.05, 0) is 18.9 Å². The second kappa shape index (κ2) is 5.76. The van der Waals surface area contributed by atoms with Crippen molar-refractivity contribution in [3.8, 4) is 5.75 Å². The van der Waals surface area contributed by atoms with Crippen molar-refractivity contribution in [1.29, 1.82) is 0 Å². The number of hydrogen-bond donors (Lipinski definition) is 1. The van der Waals surface area contributed by atoms with E-state index in [1.807, 2.05) is 0 Å². The molecule has 0 unspecified atom stereocenters. The summed E-state index contributed by atoms with van der Waals surface area (Å²) in [5.41, 5.74) is -0.280. The topological polar surface area (TPSA) is 98.5 Å². The Morgan fingerprint density at radius 3 is 2.55 bits per heavy atom. The van der Waals surface area contributed by atoms with Crippen LogP contribution in [0.2, 0.25) is 0 Å². The lowest BCUT2D eigenvalue weighted by Crippen LogP contribution is -2.32. The van der Waals surface area contributed by atoms with Gasteiger partial charge in [0.05, 0.1) is 12.0 Å². The van der Waals surface area contributed by atoms with Crippen molar-refractivity contribution in [2.24, 2.45) is 0 Å². The second-order valence-electron chi connectivity index (χ2n) is 4.69. The lowest BCUT2D eigenvalue weighted by Gasteiger charge is -2.14. The number of hydrogen-bond acceptors (Lipinski definition) is 5. The summed E-state index contributed by atoms with van der Waals surface area (Å²) in [7, 11) is -2.49. The van der Waals surface area contributed by atoms with Crippen LogP contribution in [0.5, 0.6) is 5.75 Å². The number of non-ortho nitro benzene ring substituents is 1. The zero-order valence-corrected chi connectivity index (χ0v) is 11.9. The third-order valence-corrected chi connectivity index (χ3v) is 4.87. The van der Waals surface area contributed by atoms with Crippen LogP contribution < -0.4 is 9.46 Å². The van der Waals surface area contributed by atoms with Gasteiger partial charge >= 0.3 is 0 Å². The SMILES string of the molecule is COc1ccc([N+](=O)[O-])cc1S(=O)(=O)NC1CCCC1. The monoisotopic (exact) mass is 300 g/mol. The molecule has 7 nitrogen and oxygen atoms in total. The first-order chi connectivity index (χ1) is 9.44. The first-order valence-electron chi connectivity index (χ1n) is 6.29. The maximum atomic E-state index is 12.3. The maximum Gasteiger partial charge on any atom is 0.271 e. The number of nitro benzene ring substituents is 1. The van der Waals surface area contributed by atoms with Crippen molar-refractivity contribution in [3.05, 3.63) is 28.3 Å². The predicted octanol–water partition coefficient (Wildman–Crippen LogP) is 1.82. The van der Waals surface area contributed by atoms with Crippen molar-refractivity contribution in [2.45, 2.75) is 36.6 Å². The zero-order valence-electron chi connectivity index (χ0n) is 11.0. The molecule has 1 aromatic rings. The molecule has 2 rings (SSSR count). The Bertz CT molecular complexity index is 608. The van der Waals surface area contributed by atoms with Crippen LogP contribution in [0.15, 0.2) is 23.1 Å². The van der Waals surface area contributed by atoms with E-state index in [9.17, 15) is 18.5 Å². The Hall–Kier alpha value is -1.67. The lowest BCUT2D eigenvalue weighted by molar-refractivity contribution is -0.385. The van der Waals surface area contributed by atoms with E-state index in [2.05, 4.69) is 4.72 Å². The summed E-state index contributed by atoms with van der Waals surface area (Å²) in [5.74, 6) is 0.0982. The molecule has 1 aliphatic rings. The van der Waals surface area contributed by atoms with Gasteiger partial charge < -0.3 is 4.74 Å². The molecular formula is C12H16N2O5S. The van der Waals surface area contributed by atoms with Crippen LogP contribution in [0.25, 0.3) is 0 Å². The van der Waals surface area contributed by atoms with E-state index in [1.165, 1.54) is 19.2 Å². The van der Waals surface area contributed by atoms with Crippen LogP contribution in [0.4, 0.5) is 5.69 Å². The number of nitro groups is 1. The first kappa shape index (κ1) is 14.7. The number of ether oxygens (including phenoxy) is 1. The third-order valence-electron chi connectivity index (χ3n) is 3.32. The van der Waals surface area contributed by atoms with Crippen molar-refractivity contribution >= 4 is 15.7 Å². The van der Waals surface area contributed by atoms with Gasteiger partial charge in [-0.15, -0.1) is 0 Å². The molecule has 0 amide bonds. The van der Waals surface area contributed by atoms with Gasteiger partial charge in [-0.1, -0.05) is 12.8 Å². The Morgan fingerprint density at radius 1 is 1.35 bits per heavy atom. The molecule has 0 radical (unpaired) electrons. The number of nitrogens with zero attached hydrogens (tertiary/aromatic N) is 1. The highest BCUT2D eigenvalue weighted by Gasteiger charge is 2.27. The fourth-order valence-electron chi connectivity index (χ4n) is 2.32. The molecule has 1 fully saturated rings. The Kier molecular flexibility index (Phi) is 4.24. The van der Waals surface area contributed by atoms with Gasteiger partial charge in [-0.2, -0.15) is 0 Å². The molecule has 1 N–H and O–H groups in total. The largest absolute Gasteiger partial charge is 0.495 e. The molecule has 0 bridgehead atoms. The Labute approximate surface area is 117 Å². The average molecular weight is 300 g/mol. The number of methoxy groups -OCH3 is 1. The molecule has 110 valence electrons. The minimum absolute atomic E-state index is 0.0982. The van der Waals surface area contributed by atoms with Gasteiger partial charge in [0.25, 0.3) is 5.69 Å². The lowest BCUT2D eigenvalue weighted by atomic mass is 10.3. The van der Waals surface area contributed by atoms with Crippen molar-refractivity contribution < 1.29 is 18.1 Å². The molecule has 1 aliphatic carbocycles. The molecule has 0 aliphatic heterocycles. The third kappa shape index (κ3) is 3.07. The molecule has 1 aromatic carbocycles. The molecule has 20 heavy (non-hydrogen) atoms. The summed E-state index contributed by atoms with van der Waals surface area (Å²) >= 11 is 0. The van der Waals surface area contributed by atoms with E-state index in [0.717, 1.165) is 31.7 Å². The van der Waals surface area contributed by atoms with Crippen LogP contribution in [0, 0.1) is 10.1 Å². The first-order valence-corrected chi connectivity index (χ1v) is 7.77. The normalized spacial score (nSPS) is 16.2. The summed E-state index contributed by atoms with van der Waals surface area (Å²) in [4.78, 5) is 9.95. The molecule has 0 spiro atoms. The fraction of sp³-hybridized carbons (Fsp3) is 0.500. The molecule has 0 heterocycles. The van der Waals surface area contributed by atoms with E-state index in [4.69, 9.17) is 4.74 Å². The second-order valence-corrected chi connectivity index (χ2v) is 6.38. The fourth-order valence-corrected chi connectivity index (χ4v) is 3.81. The highest BCUT2D eigenvalue weighted by molar-refractivity contribution is 7.89. The highest BCUT2D eigenvalue weighted by Crippen LogP contribution is 2.29. The summed E-state index contributed by atoms with van der Waals surface area (Å²) in [6.45, 7) is 0. The van der Waals surface area contributed by atoms with Gasteiger partial charge in [-0.3, -0.25) is 10.1 Å². The Balaban J connectivity index is 2.37. The smallest absolute Gasteiger partial charge is 0.271 e. The van der Waals surface area contributed by atoms with Crippen molar-refractivity contribution in [3.63, 3.8) is 0 Å². The molecule has 0 saturated heterocycles. The van der Waals surface area contributed by atoms with Gasteiger partial charge in [0.2, 0.25) is 10.0 Å². The predicted molar refractivity (Wildman–Crippen MR) is 72.2 cm³/mol. The number of benzene rings is 1. The quantitative estimate of drug-likeness (QED) is 0.660. The van der Waals surface area contributed by atoms with E-state index >= 15 is 0 Å².